The molecule has 0 saturated heterocycles. The van der Waals surface area contributed by atoms with E-state index in [4.69, 9.17) is 20.6 Å². The van der Waals surface area contributed by atoms with Gasteiger partial charge in [0.05, 0.1) is 16.8 Å². The van der Waals surface area contributed by atoms with Crippen molar-refractivity contribution in [3.05, 3.63) is 52.8 Å². The lowest BCUT2D eigenvalue weighted by Crippen LogP contribution is -2.28. The van der Waals surface area contributed by atoms with Crippen LogP contribution in [0.1, 0.15) is 45.0 Å². The van der Waals surface area contributed by atoms with E-state index in [0.717, 1.165) is 11.3 Å². The smallest absolute Gasteiger partial charge is 0.239 e. The third-order valence-electron chi connectivity index (χ3n) is 4.83. The zero-order chi connectivity index (χ0) is 19.2. The number of nitrogens with zero attached hydrogens (tertiary/aromatic N) is 2. The van der Waals surface area contributed by atoms with Gasteiger partial charge in [-0.1, -0.05) is 42.7 Å². The normalized spacial score (nSPS) is 15.6. The van der Waals surface area contributed by atoms with Gasteiger partial charge in [-0.05, 0) is 37.1 Å². The quantitative estimate of drug-likeness (QED) is 0.687. The molecule has 1 N–H and O–H groups in total. The molecule has 2 heterocycles. The molecule has 4 rings (SSSR count). The highest BCUT2D eigenvalue weighted by atomic mass is 35.5. The van der Waals surface area contributed by atoms with E-state index in [2.05, 4.69) is 15.6 Å². The molecule has 1 aliphatic carbocycles. The number of carbonyl (C=O) groups is 1. The van der Waals surface area contributed by atoms with Crippen LogP contribution in [0, 0.1) is 0 Å². The van der Waals surface area contributed by atoms with Crippen molar-refractivity contribution in [3.63, 3.8) is 0 Å². The molecule has 0 aliphatic heterocycles. The average molecular weight is 386 g/mol. The first-order valence-corrected chi connectivity index (χ1v) is 9.17. The molecule has 0 spiro atoms. The maximum atomic E-state index is 12.8. The highest BCUT2D eigenvalue weighted by Gasteiger charge is 2.54. The lowest BCUT2D eigenvalue weighted by molar-refractivity contribution is -0.118. The van der Waals surface area contributed by atoms with Crippen LogP contribution in [0.15, 0.2) is 45.4 Å². The van der Waals surface area contributed by atoms with E-state index in [-0.39, 0.29) is 11.3 Å². The minimum Gasteiger partial charge on any atom is -0.356 e. The number of nitrogens with one attached hydrogen (secondary N) is 1. The topological polar surface area (TPSA) is 81.2 Å². The molecule has 1 aromatic carbocycles. The minimum atomic E-state index is -0.678. The third kappa shape index (κ3) is 3.37. The fraction of sp³-hybridized carbons (Fsp3) is 0.350. The SMILES string of the molecule is CC(C)(C)c1cc(NC(=O)C2(c3cc(-c4ccc(Cl)cc4)on3)CC2)on1. The van der Waals surface area contributed by atoms with Gasteiger partial charge in [-0.2, -0.15) is 0 Å². The summed E-state index contributed by atoms with van der Waals surface area (Å²) in [5, 5.41) is 11.6. The monoisotopic (exact) mass is 385 g/mol. The molecule has 3 aromatic rings. The van der Waals surface area contributed by atoms with E-state index in [1.54, 1.807) is 18.2 Å². The largest absolute Gasteiger partial charge is 0.356 e. The molecule has 6 nitrogen and oxygen atoms in total. The van der Waals surface area contributed by atoms with Gasteiger partial charge in [0.25, 0.3) is 0 Å². The van der Waals surface area contributed by atoms with Crippen molar-refractivity contribution in [3.8, 4) is 11.3 Å². The Bertz CT molecular complexity index is 979. The zero-order valence-corrected chi connectivity index (χ0v) is 16.1. The molecule has 0 unspecified atom stereocenters. The molecular weight excluding hydrogens is 366 g/mol. The lowest BCUT2D eigenvalue weighted by Gasteiger charge is -2.12. The first kappa shape index (κ1) is 17.8. The average Bonchev–Trinajstić information content (AvgIpc) is 3.04. The maximum absolute atomic E-state index is 12.8. The summed E-state index contributed by atoms with van der Waals surface area (Å²) in [5.74, 6) is 0.795. The highest BCUT2D eigenvalue weighted by Crippen LogP contribution is 2.49. The van der Waals surface area contributed by atoms with Crippen LogP contribution in [0.2, 0.25) is 5.02 Å². The second-order valence-electron chi connectivity index (χ2n) is 7.95. The van der Waals surface area contributed by atoms with Crippen LogP contribution < -0.4 is 5.32 Å². The molecule has 0 bridgehead atoms. The van der Waals surface area contributed by atoms with Gasteiger partial charge < -0.3 is 9.05 Å². The standard InChI is InChI=1S/C20H20ClN3O3/c1-19(2,3)15-11-17(27-23-15)22-18(25)20(8-9-20)16-10-14(26-24-16)12-4-6-13(21)7-5-12/h4-7,10-11H,8-9H2,1-3H3,(H,22,25). The van der Waals surface area contributed by atoms with E-state index in [9.17, 15) is 4.79 Å². The zero-order valence-electron chi connectivity index (χ0n) is 15.4. The fourth-order valence-electron chi connectivity index (χ4n) is 2.89. The first-order valence-electron chi connectivity index (χ1n) is 8.80. The van der Waals surface area contributed by atoms with Crippen LogP contribution in [-0.4, -0.2) is 16.2 Å². The van der Waals surface area contributed by atoms with Crippen molar-refractivity contribution in [2.75, 3.05) is 5.32 Å². The molecule has 0 atom stereocenters. The predicted octanol–water partition coefficient (Wildman–Crippen LogP) is 4.95. The minimum absolute atomic E-state index is 0.149. The number of hydrogen-bond donors (Lipinski definition) is 1. The van der Waals surface area contributed by atoms with Crippen molar-refractivity contribution in [2.45, 2.75) is 44.4 Å². The Labute approximate surface area is 161 Å². The van der Waals surface area contributed by atoms with E-state index in [1.807, 2.05) is 39.0 Å². The second-order valence-corrected chi connectivity index (χ2v) is 8.38. The molecule has 2 aromatic heterocycles. The van der Waals surface area contributed by atoms with Gasteiger partial charge in [0, 0.05) is 28.1 Å². The van der Waals surface area contributed by atoms with Gasteiger partial charge in [0.1, 0.15) is 0 Å². The van der Waals surface area contributed by atoms with Crippen LogP contribution in [0.3, 0.4) is 0 Å². The maximum Gasteiger partial charge on any atom is 0.239 e. The molecular formula is C20H20ClN3O3. The number of aromatic nitrogens is 2. The van der Waals surface area contributed by atoms with Crippen LogP contribution >= 0.6 is 11.6 Å². The van der Waals surface area contributed by atoms with Crippen LogP contribution in [0.25, 0.3) is 11.3 Å². The molecule has 27 heavy (non-hydrogen) atoms. The number of carbonyl (C=O) groups excluding carboxylic acids is 1. The van der Waals surface area contributed by atoms with Crippen molar-refractivity contribution >= 4 is 23.4 Å². The highest BCUT2D eigenvalue weighted by molar-refractivity contribution is 6.30. The number of halogens is 1. The molecule has 1 amide bonds. The van der Waals surface area contributed by atoms with Crippen LogP contribution in [0.5, 0.6) is 0 Å². The molecule has 1 fully saturated rings. The van der Waals surface area contributed by atoms with Crippen molar-refractivity contribution in [1.29, 1.82) is 0 Å². The Kier molecular flexibility index (Phi) is 4.11. The fourth-order valence-corrected chi connectivity index (χ4v) is 3.02. The molecule has 1 aliphatic rings. The molecule has 0 radical (unpaired) electrons. The van der Waals surface area contributed by atoms with Crippen molar-refractivity contribution in [2.24, 2.45) is 0 Å². The number of amides is 1. The Hall–Kier alpha value is -2.60. The Morgan fingerprint density at radius 3 is 2.41 bits per heavy atom. The summed E-state index contributed by atoms with van der Waals surface area (Å²) >= 11 is 5.92. The summed E-state index contributed by atoms with van der Waals surface area (Å²) in [5.41, 5.74) is 1.45. The summed E-state index contributed by atoms with van der Waals surface area (Å²) in [7, 11) is 0. The van der Waals surface area contributed by atoms with E-state index in [0.29, 0.717) is 35.2 Å². The van der Waals surface area contributed by atoms with Gasteiger partial charge >= 0.3 is 0 Å². The van der Waals surface area contributed by atoms with Crippen LogP contribution in [-0.2, 0) is 15.6 Å². The Balaban J connectivity index is 1.53. The Morgan fingerprint density at radius 2 is 1.81 bits per heavy atom. The van der Waals surface area contributed by atoms with Crippen molar-refractivity contribution < 1.29 is 13.8 Å². The second kappa shape index (κ2) is 6.23. The van der Waals surface area contributed by atoms with Crippen molar-refractivity contribution in [1.82, 2.24) is 10.3 Å². The van der Waals surface area contributed by atoms with Gasteiger partial charge in [0.2, 0.25) is 11.8 Å². The number of benzene rings is 1. The molecule has 7 heteroatoms. The van der Waals surface area contributed by atoms with Gasteiger partial charge in [0.15, 0.2) is 5.76 Å². The summed E-state index contributed by atoms with van der Waals surface area (Å²) in [6.45, 7) is 6.10. The Morgan fingerprint density at radius 1 is 1.11 bits per heavy atom. The number of anilines is 1. The van der Waals surface area contributed by atoms with E-state index in [1.165, 1.54) is 0 Å². The van der Waals surface area contributed by atoms with Gasteiger partial charge in [-0.15, -0.1) is 0 Å². The van der Waals surface area contributed by atoms with E-state index >= 15 is 0 Å². The molecule has 140 valence electrons. The third-order valence-corrected chi connectivity index (χ3v) is 5.08. The molecule has 1 saturated carbocycles. The number of rotatable bonds is 4. The summed E-state index contributed by atoms with van der Waals surface area (Å²) < 4.78 is 10.7. The summed E-state index contributed by atoms with van der Waals surface area (Å²) in [4.78, 5) is 12.8. The lowest BCUT2D eigenvalue weighted by atomic mass is 9.92. The summed E-state index contributed by atoms with van der Waals surface area (Å²) in [6.07, 6.45) is 1.43. The van der Waals surface area contributed by atoms with Gasteiger partial charge in [-0.25, -0.2) is 0 Å². The first-order chi connectivity index (χ1) is 12.8. The van der Waals surface area contributed by atoms with Gasteiger partial charge in [-0.3, -0.25) is 10.1 Å². The summed E-state index contributed by atoms with van der Waals surface area (Å²) in [6, 6.07) is 10.9. The van der Waals surface area contributed by atoms with E-state index < -0.39 is 5.41 Å². The number of hydrogen-bond acceptors (Lipinski definition) is 5. The predicted molar refractivity (Wildman–Crippen MR) is 102 cm³/mol. The van der Waals surface area contributed by atoms with Crippen LogP contribution in [0.4, 0.5) is 5.88 Å².